The number of aliphatic imine (C=N–C) groups is 1. The second-order valence-corrected chi connectivity index (χ2v) is 3.73. The average Bonchev–Trinajstić information content (AvgIpc) is 2.41. The van der Waals surface area contributed by atoms with Crippen LogP contribution >= 0.6 is 0 Å². The van der Waals surface area contributed by atoms with Crippen LogP contribution in [0.5, 0.6) is 0 Å². The topological polar surface area (TPSA) is 24.4 Å². The number of nitrogens with one attached hydrogen (secondary N) is 1. The van der Waals surface area contributed by atoms with Crippen molar-refractivity contribution >= 4 is 11.4 Å². The molecule has 2 heteroatoms. The van der Waals surface area contributed by atoms with Gasteiger partial charge in [-0.3, -0.25) is 4.99 Å². The fourth-order valence-electron chi connectivity index (χ4n) is 1.91. The summed E-state index contributed by atoms with van der Waals surface area (Å²) in [7, 11) is 3.76. The smallest absolute Gasteiger partial charge is 0.0736 e. The van der Waals surface area contributed by atoms with Gasteiger partial charge in [-0.1, -0.05) is 48.5 Å². The van der Waals surface area contributed by atoms with E-state index >= 15 is 0 Å². The molecule has 0 heterocycles. The van der Waals surface area contributed by atoms with E-state index in [9.17, 15) is 0 Å². The van der Waals surface area contributed by atoms with Crippen LogP contribution in [-0.2, 0) is 0 Å². The zero-order valence-corrected chi connectivity index (χ0v) is 10.1. The number of para-hydroxylation sites is 1. The van der Waals surface area contributed by atoms with Gasteiger partial charge in [0.05, 0.1) is 5.71 Å². The van der Waals surface area contributed by atoms with Crippen molar-refractivity contribution in [2.24, 2.45) is 4.99 Å². The van der Waals surface area contributed by atoms with Crippen LogP contribution in [0, 0.1) is 0 Å². The molecule has 2 aromatic carbocycles. The van der Waals surface area contributed by atoms with E-state index in [1.165, 1.54) is 0 Å². The Morgan fingerprint density at radius 1 is 0.941 bits per heavy atom. The van der Waals surface area contributed by atoms with Crippen LogP contribution in [-0.4, -0.2) is 19.8 Å². The Kier molecular flexibility index (Phi) is 3.55. The number of anilines is 1. The first kappa shape index (κ1) is 11.4. The molecule has 0 aliphatic rings. The van der Waals surface area contributed by atoms with Crippen molar-refractivity contribution in [3.05, 3.63) is 65.7 Å². The number of nitrogens with zero attached hydrogens (tertiary/aromatic N) is 1. The second-order valence-electron chi connectivity index (χ2n) is 3.73. The number of rotatable bonds is 3. The highest BCUT2D eigenvalue weighted by atomic mass is 14.8. The zero-order valence-electron chi connectivity index (χ0n) is 10.1. The molecular weight excluding hydrogens is 208 g/mol. The van der Waals surface area contributed by atoms with Crippen LogP contribution < -0.4 is 5.32 Å². The van der Waals surface area contributed by atoms with Crippen molar-refractivity contribution < 1.29 is 0 Å². The molecule has 0 aliphatic carbocycles. The number of hydrogen-bond donors (Lipinski definition) is 1. The molecule has 0 aliphatic heterocycles. The van der Waals surface area contributed by atoms with Crippen molar-refractivity contribution in [2.45, 2.75) is 0 Å². The van der Waals surface area contributed by atoms with Crippen molar-refractivity contribution in [2.75, 3.05) is 19.4 Å². The molecule has 0 unspecified atom stereocenters. The Morgan fingerprint density at radius 2 is 1.59 bits per heavy atom. The maximum absolute atomic E-state index is 4.41. The predicted octanol–water partition coefficient (Wildman–Crippen LogP) is 3.20. The van der Waals surface area contributed by atoms with Crippen LogP contribution in [0.3, 0.4) is 0 Å². The van der Waals surface area contributed by atoms with Crippen LogP contribution in [0.4, 0.5) is 5.69 Å². The minimum absolute atomic E-state index is 1.01. The Morgan fingerprint density at radius 3 is 2.24 bits per heavy atom. The molecule has 0 radical (unpaired) electrons. The fraction of sp³-hybridized carbons (Fsp3) is 0.133. The lowest BCUT2D eigenvalue weighted by atomic mass is 10.0. The second kappa shape index (κ2) is 5.30. The van der Waals surface area contributed by atoms with E-state index in [1.54, 1.807) is 0 Å². The highest BCUT2D eigenvalue weighted by molar-refractivity contribution is 6.15. The maximum Gasteiger partial charge on any atom is 0.0736 e. The van der Waals surface area contributed by atoms with Crippen molar-refractivity contribution in [1.29, 1.82) is 0 Å². The van der Waals surface area contributed by atoms with Gasteiger partial charge in [0.2, 0.25) is 0 Å². The summed E-state index contributed by atoms with van der Waals surface area (Å²) in [6, 6.07) is 18.4. The van der Waals surface area contributed by atoms with Gasteiger partial charge in [0.15, 0.2) is 0 Å². The molecule has 17 heavy (non-hydrogen) atoms. The highest BCUT2D eigenvalue weighted by Gasteiger charge is 2.08. The lowest BCUT2D eigenvalue weighted by Gasteiger charge is -2.11. The van der Waals surface area contributed by atoms with Gasteiger partial charge in [0.1, 0.15) is 0 Å². The van der Waals surface area contributed by atoms with E-state index < -0.39 is 0 Å². The lowest BCUT2D eigenvalue weighted by molar-refractivity contribution is 1.40. The van der Waals surface area contributed by atoms with E-state index in [4.69, 9.17) is 0 Å². The molecule has 1 N–H and O–H groups in total. The summed E-state index contributed by atoms with van der Waals surface area (Å²) in [5.74, 6) is 0. The maximum atomic E-state index is 4.41. The predicted molar refractivity (Wildman–Crippen MR) is 74.0 cm³/mol. The summed E-state index contributed by atoms with van der Waals surface area (Å²) in [6.45, 7) is 0. The Bertz CT molecular complexity index is 515. The molecule has 0 saturated carbocycles. The summed E-state index contributed by atoms with van der Waals surface area (Å²) in [5.41, 5.74) is 4.37. The first-order valence-electron chi connectivity index (χ1n) is 5.66. The van der Waals surface area contributed by atoms with E-state index in [0.29, 0.717) is 0 Å². The van der Waals surface area contributed by atoms with Crippen LogP contribution in [0.25, 0.3) is 0 Å². The molecule has 2 aromatic rings. The average molecular weight is 224 g/mol. The first-order chi connectivity index (χ1) is 8.36. The highest BCUT2D eigenvalue weighted by Crippen LogP contribution is 2.19. The molecule has 86 valence electrons. The quantitative estimate of drug-likeness (QED) is 0.795. The molecule has 2 nitrogen and oxygen atoms in total. The van der Waals surface area contributed by atoms with E-state index in [0.717, 1.165) is 22.5 Å². The van der Waals surface area contributed by atoms with Gasteiger partial charge in [0.25, 0.3) is 0 Å². The van der Waals surface area contributed by atoms with Gasteiger partial charge in [-0.05, 0) is 6.07 Å². The SMILES string of the molecule is CN=C(c1ccccc1)c1ccccc1NC. The Labute approximate surface area is 102 Å². The summed E-state index contributed by atoms with van der Waals surface area (Å²) in [4.78, 5) is 4.41. The lowest BCUT2D eigenvalue weighted by Crippen LogP contribution is -2.06. The molecule has 2 rings (SSSR count). The monoisotopic (exact) mass is 224 g/mol. The summed E-state index contributed by atoms with van der Waals surface area (Å²) in [5, 5.41) is 3.20. The minimum atomic E-state index is 1.01. The van der Waals surface area contributed by atoms with Gasteiger partial charge in [-0.2, -0.15) is 0 Å². The van der Waals surface area contributed by atoms with E-state index in [1.807, 2.05) is 44.4 Å². The number of benzene rings is 2. The molecule has 0 aromatic heterocycles. The molecule has 0 amide bonds. The van der Waals surface area contributed by atoms with Gasteiger partial charge in [0, 0.05) is 30.9 Å². The van der Waals surface area contributed by atoms with Crippen molar-refractivity contribution in [3.63, 3.8) is 0 Å². The third-order valence-electron chi connectivity index (χ3n) is 2.72. The van der Waals surface area contributed by atoms with Gasteiger partial charge >= 0.3 is 0 Å². The Hall–Kier alpha value is -2.09. The molecule has 0 fully saturated rings. The molecular formula is C15H16N2. The fourth-order valence-corrected chi connectivity index (χ4v) is 1.91. The molecule has 0 spiro atoms. The third kappa shape index (κ3) is 2.36. The van der Waals surface area contributed by atoms with Crippen LogP contribution in [0.15, 0.2) is 59.6 Å². The Balaban J connectivity index is 2.51. The van der Waals surface area contributed by atoms with Crippen LogP contribution in [0.2, 0.25) is 0 Å². The van der Waals surface area contributed by atoms with Gasteiger partial charge < -0.3 is 5.32 Å². The molecule has 0 saturated heterocycles. The van der Waals surface area contributed by atoms with E-state index in [-0.39, 0.29) is 0 Å². The van der Waals surface area contributed by atoms with Crippen LogP contribution in [0.1, 0.15) is 11.1 Å². The number of hydrogen-bond acceptors (Lipinski definition) is 2. The first-order valence-corrected chi connectivity index (χ1v) is 5.66. The standard InChI is InChI=1S/C15H16N2/c1-16-14-11-7-6-10-13(14)15(17-2)12-8-4-3-5-9-12/h3-11,16H,1-2H3. The summed E-state index contributed by atoms with van der Waals surface area (Å²) >= 11 is 0. The molecule has 0 atom stereocenters. The zero-order chi connectivity index (χ0) is 12.1. The summed E-state index contributed by atoms with van der Waals surface area (Å²) < 4.78 is 0. The third-order valence-corrected chi connectivity index (χ3v) is 2.72. The van der Waals surface area contributed by atoms with Gasteiger partial charge in [-0.25, -0.2) is 0 Å². The minimum Gasteiger partial charge on any atom is -0.388 e. The van der Waals surface area contributed by atoms with Crippen molar-refractivity contribution in [3.8, 4) is 0 Å². The summed E-state index contributed by atoms with van der Waals surface area (Å²) in [6.07, 6.45) is 0. The normalized spacial score (nSPS) is 11.3. The van der Waals surface area contributed by atoms with E-state index in [2.05, 4.69) is 34.6 Å². The van der Waals surface area contributed by atoms with Gasteiger partial charge in [-0.15, -0.1) is 0 Å². The largest absolute Gasteiger partial charge is 0.388 e. The molecule has 0 bridgehead atoms. The van der Waals surface area contributed by atoms with Crippen molar-refractivity contribution in [1.82, 2.24) is 0 Å².